The summed E-state index contributed by atoms with van der Waals surface area (Å²) in [5.74, 6) is -3.62. The fourth-order valence-corrected chi connectivity index (χ4v) is 5.68. The van der Waals surface area contributed by atoms with Gasteiger partial charge >= 0.3 is 5.97 Å². The highest BCUT2D eigenvalue weighted by molar-refractivity contribution is 8.04. The first kappa shape index (κ1) is 16.8. The molecular weight excluding hydrogens is 340 g/mol. The van der Waals surface area contributed by atoms with Crippen molar-refractivity contribution in [3.05, 3.63) is 46.9 Å². The topological polar surface area (TPSA) is 72.8 Å². The molecule has 6 heteroatoms. The molecule has 1 spiro atoms. The molecule has 0 aromatic rings. The summed E-state index contributed by atoms with van der Waals surface area (Å²) >= 11 is 1.40. The number of carbonyl (C=O) groups is 2. The Hall–Kier alpha value is -1.63. The lowest BCUT2D eigenvalue weighted by molar-refractivity contribution is -0.225. The van der Waals surface area contributed by atoms with Crippen LogP contribution < -0.4 is 0 Å². The minimum absolute atomic E-state index is 0.173. The Balaban J connectivity index is 1.76. The lowest BCUT2D eigenvalue weighted by Crippen LogP contribution is -2.56. The molecule has 3 heterocycles. The van der Waals surface area contributed by atoms with Crippen molar-refractivity contribution in [1.29, 1.82) is 0 Å². The smallest absolute Gasteiger partial charge is 0.315 e. The van der Waals surface area contributed by atoms with Crippen LogP contribution in [0, 0.1) is 5.92 Å². The standard InChI is InChI=1S/C19H20O5S/c1-4-6-7-11(5-2)14-9-13-17(21)24-19(22)16-12(8-10(3)25-16)15(20)18(13,19)23-14/h4-7,10,13-14,22H,1,8-9H2,2-3H3/b7-6-,11-5+/t10?,13-,14+,18-,19?/m0/s1. The fourth-order valence-electron chi connectivity index (χ4n) is 4.36. The summed E-state index contributed by atoms with van der Waals surface area (Å²) in [7, 11) is 0. The first-order valence-electron chi connectivity index (χ1n) is 8.42. The molecule has 3 aliphatic heterocycles. The lowest BCUT2D eigenvalue weighted by Gasteiger charge is -2.34. The van der Waals surface area contributed by atoms with E-state index in [2.05, 4.69) is 6.58 Å². The Kier molecular flexibility index (Phi) is 3.65. The molecule has 5 atom stereocenters. The average Bonchev–Trinajstić information content (AvgIpc) is 3.24. The minimum Gasteiger partial charge on any atom is -0.424 e. The molecule has 2 unspecified atom stereocenters. The maximum atomic E-state index is 13.2. The van der Waals surface area contributed by atoms with E-state index < -0.39 is 29.4 Å². The van der Waals surface area contributed by atoms with Gasteiger partial charge in [0.25, 0.3) is 5.79 Å². The van der Waals surface area contributed by atoms with Gasteiger partial charge in [0.2, 0.25) is 5.60 Å². The highest BCUT2D eigenvalue weighted by Crippen LogP contribution is 2.64. The van der Waals surface area contributed by atoms with Crippen LogP contribution in [0.2, 0.25) is 0 Å². The van der Waals surface area contributed by atoms with E-state index in [-0.39, 0.29) is 11.0 Å². The molecule has 0 aromatic heterocycles. The molecular formula is C19H20O5S. The van der Waals surface area contributed by atoms with Crippen molar-refractivity contribution >= 4 is 23.5 Å². The predicted octanol–water partition coefficient (Wildman–Crippen LogP) is 2.43. The van der Waals surface area contributed by atoms with E-state index in [4.69, 9.17) is 9.47 Å². The van der Waals surface area contributed by atoms with E-state index in [0.717, 1.165) is 5.57 Å². The highest BCUT2D eigenvalue weighted by atomic mass is 32.2. The van der Waals surface area contributed by atoms with Crippen molar-refractivity contribution in [3.8, 4) is 0 Å². The molecule has 4 rings (SSSR count). The Morgan fingerprint density at radius 2 is 2.20 bits per heavy atom. The third-order valence-corrected chi connectivity index (χ3v) is 6.77. The SMILES string of the molecule is C=C/C=C\C(=C/C)[C@H]1C[C@H]2C(=O)OC3(O)C4=C(CC(C)S4)C(=O)[C@@]23O1. The minimum atomic E-state index is -1.98. The molecule has 4 aliphatic rings. The normalized spacial score (nSPS) is 42.8. The highest BCUT2D eigenvalue weighted by Gasteiger charge is 2.81. The third kappa shape index (κ3) is 1.93. The lowest BCUT2D eigenvalue weighted by atomic mass is 9.81. The zero-order chi connectivity index (χ0) is 18.0. The number of esters is 1. The Morgan fingerprint density at radius 3 is 2.88 bits per heavy atom. The molecule has 1 N–H and O–H groups in total. The summed E-state index contributed by atoms with van der Waals surface area (Å²) < 4.78 is 11.5. The maximum Gasteiger partial charge on any atom is 0.315 e. The zero-order valence-corrected chi connectivity index (χ0v) is 15.0. The van der Waals surface area contributed by atoms with Crippen molar-refractivity contribution in [3.63, 3.8) is 0 Å². The molecule has 0 saturated carbocycles. The number of aliphatic hydroxyl groups is 1. The Bertz CT molecular complexity index is 779. The van der Waals surface area contributed by atoms with E-state index in [9.17, 15) is 14.7 Å². The van der Waals surface area contributed by atoms with Gasteiger partial charge in [0.1, 0.15) is 5.92 Å². The molecule has 5 nitrogen and oxygen atoms in total. The largest absolute Gasteiger partial charge is 0.424 e. The molecule has 2 saturated heterocycles. The summed E-state index contributed by atoms with van der Waals surface area (Å²) in [5, 5.41) is 11.4. The van der Waals surface area contributed by atoms with Crippen LogP contribution in [0.3, 0.4) is 0 Å². The van der Waals surface area contributed by atoms with Crippen molar-refractivity contribution in [1.82, 2.24) is 0 Å². The maximum absolute atomic E-state index is 13.2. The molecule has 0 aromatic carbocycles. The van der Waals surface area contributed by atoms with Gasteiger partial charge < -0.3 is 14.6 Å². The van der Waals surface area contributed by atoms with Gasteiger partial charge in [-0.05, 0) is 25.3 Å². The summed E-state index contributed by atoms with van der Waals surface area (Å²) in [4.78, 5) is 26.1. The summed E-state index contributed by atoms with van der Waals surface area (Å²) in [6, 6.07) is 0. The fraction of sp³-hybridized carbons (Fsp3) is 0.474. The first-order chi connectivity index (χ1) is 11.9. The second kappa shape index (κ2) is 5.43. The average molecular weight is 360 g/mol. The molecule has 0 bridgehead atoms. The number of ether oxygens (including phenoxy) is 2. The van der Waals surface area contributed by atoms with E-state index in [1.807, 2.05) is 26.0 Å². The van der Waals surface area contributed by atoms with Gasteiger partial charge in [-0.1, -0.05) is 37.8 Å². The molecule has 2 fully saturated rings. The summed E-state index contributed by atoms with van der Waals surface area (Å²) in [6.45, 7) is 7.50. The number of ketones is 1. The van der Waals surface area contributed by atoms with Crippen LogP contribution in [0.25, 0.3) is 0 Å². The van der Waals surface area contributed by atoms with Crippen LogP contribution in [-0.2, 0) is 19.1 Å². The van der Waals surface area contributed by atoms with Gasteiger partial charge in [0.15, 0.2) is 5.78 Å². The van der Waals surface area contributed by atoms with Crippen LogP contribution in [0.15, 0.2) is 46.9 Å². The predicted molar refractivity (Wildman–Crippen MR) is 93.5 cm³/mol. The molecule has 25 heavy (non-hydrogen) atoms. The van der Waals surface area contributed by atoms with Gasteiger partial charge in [0, 0.05) is 10.8 Å². The van der Waals surface area contributed by atoms with Crippen LogP contribution in [0.5, 0.6) is 0 Å². The van der Waals surface area contributed by atoms with Gasteiger partial charge in [-0.15, -0.1) is 11.8 Å². The van der Waals surface area contributed by atoms with Gasteiger partial charge in [-0.3, -0.25) is 9.59 Å². The van der Waals surface area contributed by atoms with Crippen LogP contribution in [-0.4, -0.2) is 39.6 Å². The van der Waals surface area contributed by atoms with Crippen LogP contribution in [0.4, 0.5) is 0 Å². The number of fused-ring (bicyclic) bond motifs is 1. The third-order valence-electron chi connectivity index (χ3n) is 5.44. The molecule has 0 amide bonds. The summed E-state index contributed by atoms with van der Waals surface area (Å²) in [6.07, 6.45) is 7.58. The second-order valence-corrected chi connectivity index (χ2v) is 8.30. The second-order valence-electron chi connectivity index (χ2n) is 6.85. The van der Waals surface area contributed by atoms with Crippen molar-refractivity contribution < 1.29 is 24.2 Å². The monoisotopic (exact) mass is 360 g/mol. The van der Waals surface area contributed by atoms with E-state index in [1.54, 1.807) is 12.2 Å². The van der Waals surface area contributed by atoms with Gasteiger partial charge in [0.05, 0.1) is 11.0 Å². The van der Waals surface area contributed by atoms with E-state index in [0.29, 0.717) is 23.3 Å². The van der Waals surface area contributed by atoms with Crippen LogP contribution in [0.1, 0.15) is 26.7 Å². The summed E-state index contributed by atoms with van der Waals surface area (Å²) in [5.41, 5.74) is -0.232. The number of Topliss-reactive ketones (excluding diaryl/α,β-unsaturated/α-hetero) is 1. The van der Waals surface area contributed by atoms with Gasteiger partial charge in [-0.25, -0.2) is 0 Å². The van der Waals surface area contributed by atoms with Crippen molar-refractivity contribution in [2.24, 2.45) is 5.92 Å². The number of allylic oxidation sites excluding steroid dienone is 3. The quantitative estimate of drug-likeness (QED) is 0.616. The number of hydrogen-bond donors (Lipinski definition) is 1. The van der Waals surface area contributed by atoms with Crippen LogP contribution >= 0.6 is 11.8 Å². The number of carbonyl (C=O) groups excluding carboxylic acids is 2. The van der Waals surface area contributed by atoms with Crippen molar-refractivity contribution in [2.75, 3.05) is 0 Å². The number of thioether (sulfide) groups is 1. The number of rotatable bonds is 3. The van der Waals surface area contributed by atoms with E-state index in [1.165, 1.54) is 11.8 Å². The van der Waals surface area contributed by atoms with Gasteiger partial charge in [-0.2, -0.15) is 0 Å². The van der Waals surface area contributed by atoms with E-state index >= 15 is 0 Å². The number of hydrogen-bond acceptors (Lipinski definition) is 6. The zero-order valence-electron chi connectivity index (χ0n) is 14.2. The molecule has 1 aliphatic carbocycles. The Labute approximate surface area is 150 Å². The first-order valence-corrected chi connectivity index (χ1v) is 9.30. The van der Waals surface area contributed by atoms with Crippen molar-refractivity contribution in [2.45, 2.75) is 49.4 Å². The molecule has 132 valence electrons. The Morgan fingerprint density at radius 1 is 1.44 bits per heavy atom. The molecule has 0 radical (unpaired) electrons.